The maximum atomic E-state index is 6.57. The molecule has 2 aromatic heterocycles. The average molecular weight is 487 g/mol. The van der Waals surface area contributed by atoms with Crippen molar-refractivity contribution in [3.63, 3.8) is 0 Å². The van der Waals surface area contributed by atoms with Gasteiger partial charge in [0.25, 0.3) is 0 Å². The summed E-state index contributed by atoms with van der Waals surface area (Å²) >= 11 is 6.57. The molecule has 3 heterocycles. The highest BCUT2D eigenvalue weighted by Gasteiger charge is 2.28. The largest absolute Gasteiger partial charge is 0.370 e. The summed E-state index contributed by atoms with van der Waals surface area (Å²) in [4.78, 5) is 17.5. The first-order valence-electron chi connectivity index (χ1n) is 12.4. The number of anilines is 3. The Kier molecular flexibility index (Phi) is 5.66. The van der Waals surface area contributed by atoms with Crippen molar-refractivity contribution >= 4 is 39.8 Å². The second kappa shape index (κ2) is 8.85. The number of aromatic nitrogens is 3. The summed E-state index contributed by atoms with van der Waals surface area (Å²) in [7, 11) is 4.35. The van der Waals surface area contributed by atoms with Crippen molar-refractivity contribution in [3.05, 3.63) is 64.9 Å². The van der Waals surface area contributed by atoms with Crippen LogP contribution >= 0.6 is 11.6 Å². The van der Waals surface area contributed by atoms with E-state index in [1.807, 2.05) is 6.20 Å². The van der Waals surface area contributed by atoms with E-state index in [4.69, 9.17) is 16.6 Å². The summed E-state index contributed by atoms with van der Waals surface area (Å²) < 4.78 is 0. The lowest BCUT2D eigenvalue weighted by atomic mass is 10.1. The van der Waals surface area contributed by atoms with Gasteiger partial charge < -0.3 is 20.1 Å². The third-order valence-corrected chi connectivity index (χ3v) is 7.62. The number of nitrogens with zero attached hydrogens (tertiary/aromatic N) is 4. The number of aromatic amines is 1. The first kappa shape index (κ1) is 22.4. The Labute approximate surface area is 211 Å². The van der Waals surface area contributed by atoms with E-state index in [-0.39, 0.29) is 0 Å². The number of fused-ring (bicyclic) bond motifs is 1. The van der Waals surface area contributed by atoms with Crippen LogP contribution in [0, 0.1) is 6.92 Å². The number of hydrogen-bond acceptors (Lipinski definition) is 5. The second-order valence-corrected chi connectivity index (χ2v) is 10.6. The molecule has 6 rings (SSSR count). The number of benzene rings is 2. The van der Waals surface area contributed by atoms with Crippen molar-refractivity contribution in [2.75, 3.05) is 37.4 Å². The topological polar surface area (TPSA) is 60.1 Å². The predicted molar refractivity (Wildman–Crippen MR) is 145 cm³/mol. The number of H-pyrrole nitrogens is 1. The first-order chi connectivity index (χ1) is 16.9. The highest BCUT2D eigenvalue weighted by atomic mass is 35.5. The molecule has 0 spiro atoms. The Balaban J connectivity index is 1.32. The molecule has 2 fully saturated rings. The molecule has 2 N–H and O–H groups in total. The van der Waals surface area contributed by atoms with Gasteiger partial charge in [-0.05, 0) is 81.6 Å². The van der Waals surface area contributed by atoms with E-state index in [0.717, 1.165) is 40.9 Å². The molecule has 4 aromatic rings. The molecule has 35 heavy (non-hydrogen) atoms. The van der Waals surface area contributed by atoms with Gasteiger partial charge in [-0.2, -0.15) is 0 Å². The molecule has 0 radical (unpaired) electrons. The smallest absolute Gasteiger partial charge is 0.227 e. The lowest BCUT2D eigenvalue weighted by Gasteiger charge is -2.23. The van der Waals surface area contributed by atoms with Crippen LogP contribution in [0.5, 0.6) is 0 Å². The second-order valence-electron chi connectivity index (χ2n) is 10.2. The van der Waals surface area contributed by atoms with Gasteiger partial charge in [0, 0.05) is 53.2 Å². The van der Waals surface area contributed by atoms with E-state index in [0.29, 0.717) is 22.9 Å². The molecule has 1 aliphatic heterocycles. The van der Waals surface area contributed by atoms with E-state index in [2.05, 4.69) is 82.5 Å². The maximum Gasteiger partial charge on any atom is 0.227 e. The van der Waals surface area contributed by atoms with Gasteiger partial charge >= 0.3 is 0 Å². The van der Waals surface area contributed by atoms with Crippen molar-refractivity contribution in [1.82, 2.24) is 19.9 Å². The van der Waals surface area contributed by atoms with Gasteiger partial charge in [-0.15, -0.1) is 0 Å². The minimum atomic E-state index is 0.538. The molecule has 2 aromatic carbocycles. The van der Waals surface area contributed by atoms with Crippen LogP contribution in [0.15, 0.2) is 48.8 Å². The Bertz CT molecular complexity index is 1390. The first-order valence-corrected chi connectivity index (χ1v) is 12.8. The molecule has 6 nitrogen and oxygen atoms in total. The zero-order chi connectivity index (χ0) is 24.1. The lowest BCUT2D eigenvalue weighted by Crippen LogP contribution is -2.31. The van der Waals surface area contributed by atoms with E-state index >= 15 is 0 Å². The van der Waals surface area contributed by atoms with E-state index in [1.165, 1.54) is 36.1 Å². The van der Waals surface area contributed by atoms with Crippen LogP contribution in [0.2, 0.25) is 5.02 Å². The maximum absolute atomic E-state index is 6.57. The van der Waals surface area contributed by atoms with E-state index in [9.17, 15) is 0 Å². The summed E-state index contributed by atoms with van der Waals surface area (Å²) in [6.07, 6.45) is 7.39. The van der Waals surface area contributed by atoms with Crippen LogP contribution in [-0.4, -0.2) is 53.1 Å². The third-order valence-electron chi connectivity index (χ3n) is 7.34. The van der Waals surface area contributed by atoms with E-state index in [1.54, 1.807) is 6.20 Å². The van der Waals surface area contributed by atoms with Crippen LogP contribution in [0.3, 0.4) is 0 Å². The van der Waals surface area contributed by atoms with E-state index < -0.39 is 0 Å². The SMILES string of the molecule is Cc1ccc2c(-c3nc(Nc4cc(C5CC5)cc(N5CC[C@H](N(C)C)C5)c4)ncc3Cl)c[nH]c2c1. The van der Waals surface area contributed by atoms with Gasteiger partial charge in [-0.1, -0.05) is 23.7 Å². The fraction of sp³-hybridized carbons (Fsp3) is 0.357. The van der Waals surface area contributed by atoms with Crippen LogP contribution < -0.4 is 10.2 Å². The Morgan fingerprint density at radius 2 is 1.97 bits per heavy atom. The predicted octanol–water partition coefficient (Wildman–Crippen LogP) is 6.35. The van der Waals surface area contributed by atoms with Crippen molar-refractivity contribution < 1.29 is 0 Å². The molecule has 2 aliphatic rings. The lowest BCUT2D eigenvalue weighted by molar-refractivity contribution is 0.315. The van der Waals surface area contributed by atoms with Gasteiger partial charge in [0.2, 0.25) is 5.95 Å². The molecule has 0 amide bonds. The fourth-order valence-electron chi connectivity index (χ4n) is 5.12. The standard InChI is InChI=1S/C28H31ClN6/c1-17-4-7-23-24(14-30-26(23)10-17)27-25(29)15-31-28(33-27)32-20-11-19(18-5-6-18)12-22(13-20)35-9-8-21(16-35)34(2)3/h4,7,10-15,18,21,30H,5-6,8-9,16H2,1-3H3,(H,31,32,33)/t21-/m0/s1. The fourth-order valence-corrected chi connectivity index (χ4v) is 5.31. The minimum absolute atomic E-state index is 0.538. The van der Waals surface area contributed by atoms with Gasteiger partial charge in [0.15, 0.2) is 0 Å². The normalized spacial score (nSPS) is 18.1. The quantitative estimate of drug-likeness (QED) is 0.332. The molecule has 1 atom stereocenters. The minimum Gasteiger partial charge on any atom is -0.370 e. The number of aryl methyl sites for hydroxylation is 1. The molecule has 0 unspecified atom stereocenters. The number of rotatable bonds is 6. The van der Waals surface area contributed by atoms with Crippen molar-refractivity contribution in [2.45, 2.75) is 38.1 Å². The van der Waals surface area contributed by atoms with Gasteiger partial charge in [0.05, 0.1) is 16.9 Å². The van der Waals surface area contributed by atoms with Crippen LogP contribution in [-0.2, 0) is 0 Å². The Hall–Kier alpha value is -3.09. The highest BCUT2D eigenvalue weighted by molar-refractivity contribution is 6.33. The molecule has 180 valence electrons. The number of nitrogens with one attached hydrogen (secondary N) is 2. The molecule has 1 saturated heterocycles. The third kappa shape index (κ3) is 4.48. The van der Waals surface area contributed by atoms with Gasteiger partial charge in [-0.25, -0.2) is 9.97 Å². The average Bonchev–Trinajstić information content (AvgIpc) is 3.42. The molecule has 1 saturated carbocycles. The molecule has 0 bridgehead atoms. The molecule has 7 heteroatoms. The summed E-state index contributed by atoms with van der Waals surface area (Å²) in [5, 5.41) is 5.12. The monoisotopic (exact) mass is 486 g/mol. The molecular weight excluding hydrogens is 456 g/mol. The van der Waals surface area contributed by atoms with Gasteiger partial charge in [0.1, 0.15) is 0 Å². The van der Waals surface area contributed by atoms with Crippen molar-refractivity contribution in [3.8, 4) is 11.3 Å². The molecule has 1 aliphatic carbocycles. The van der Waals surface area contributed by atoms with Crippen molar-refractivity contribution in [2.24, 2.45) is 0 Å². The Morgan fingerprint density at radius 3 is 2.74 bits per heavy atom. The number of halogens is 1. The summed E-state index contributed by atoms with van der Waals surface area (Å²) in [6.45, 7) is 4.23. The highest BCUT2D eigenvalue weighted by Crippen LogP contribution is 2.43. The van der Waals surface area contributed by atoms with Crippen LogP contribution in [0.4, 0.5) is 17.3 Å². The zero-order valence-electron chi connectivity index (χ0n) is 20.5. The molecular formula is C28H31ClN6. The zero-order valence-corrected chi connectivity index (χ0v) is 21.2. The number of likely N-dealkylation sites (N-methyl/N-ethyl adjacent to an activating group) is 1. The summed E-state index contributed by atoms with van der Waals surface area (Å²) in [5.41, 5.74) is 7.71. The van der Waals surface area contributed by atoms with Crippen LogP contribution in [0.25, 0.3) is 22.2 Å². The van der Waals surface area contributed by atoms with Crippen LogP contribution in [0.1, 0.15) is 36.3 Å². The van der Waals surface area contributed by atoms with Gasteiger partial charge in [-0.3, -0.25) is 0 Å². The Morgan fingerprint density at radius 1 is 1.11 bits per heavy atom. The summed E-state index contributed by atoms with van der Waals surface area (Å²) in [5.74, 6) is 1.22. The number of hydrogen-bond donors (Lipinski definition) is 2. The van der Waals surface area contributed by atoms with Crippen molar-refractivity contribution in [1.29, 1.82) is 0 Å². The summed E-state index contributed by atoms with van der Waals surface area (Å²) in [6, 6.07) is 13.8.